The lowest BCUT2D eigenvalue weighted by Gasteiger charge is -2.34. The third-order valence-electron chi connectivity index (χ3n) is 4.46. The Labute approximate surface area is 146 Å². The van der Waals surface area contributed by atoms with Crippen molar-refractivity contribution in [2.24, 2.45) is 5.92 Å². The SMILES string of the molecule is CC1COC1CCCOC(=O)Cc1ccc(N2C(=O)C=CC2=O)cc1. The molecular formula is C19H21NO5. The summed E-state index contributed by atoms with van der Waals surface area (Å²) in [5.41, 5.74) is 1.27. The Morgan fingerprint density at radius 1 is 1.20 bits per heavy atom. The van der Waals surface area contributed by atoms with Crippen LogP contribution >= 0.6 is 0 Å². The molecule has 2 aliphatic rings. The number of amides is 2. The van der Waals surface area contributed by atoms with Gasteiger partial charge in [0.15, 0.2) is 0 Å². The van der Waals surface area contributed by atoms with E-state index in [1.807, 2.05) is 0 Å². The lowest BCUT2D eigenvalue weighted by Crippen LogP contribution is -2.37. The van der Waals surface area contributed by atoms with Crippen LogP contribution in [0.25, 0.3) is 0 Å². The van der Waals surface area contributed by atoms with E-state index in [1.165, 1.54) is 12.2 Å². The number of hydrogen-bond acceptors (Lipinski definition) is 5. The Bertz CT molecular complexity index is 676. The first-order valence-corrected chi connectivity index (χ1v) is 8.47. The van der Waals surface area contributed by atoms with Crippen molar-refractivity contribution in [2.45, 2.75) is 32.3 Å². The van der Waals surface area contributed by atoms with Gasteiger partial charge in [-0.1, -0.05) is 19.1 Å². The summed E-state index contributed by atoms with van der Waals surface area (Å²) in [6.07, 6.45) is 4.65. The van der Waals surface area contributed by atoms with Gasteiger partial charge in [0.05, 0.1) is 31.4 Å². The molecule has 132 valence electrons. The molecule has 2 atom stereocenters. The van der Waals surface area contributed by atoms with Crippen LogP contribution < -0.4 is 4.90 Å². The Balaban J connectivity index is 1.42. The average molecular weight is 343 g/mol. The molecule has 6 heteroatoms. The third-order valence-corrected chi connectivity index (χ3v) is 4.46. The summed E-state index contributed by atoms with van der Waals surface area (Å²) < 4.78 is 10.7. The van der Waals surface area contributed by atoms with E-state index in [-0.39, 0.29) is 24.2 Å². The van der Waals surface area contributed by atoms with Crippen molar-refractivity contribution in [3.8, 4) is 0 Å². The maximum absolute atomic E-state index is 11.9. The van der Waals surface area contributed by atoms with Gasteiger partial charge in [0.1, 0.15) is 0 Å². The molecule has 6 nitrogen and oxygen atoms in total. The summed E-state index contributed by atoms with van der Waals surface area (Å²) in [6.45, 7) is 3.38. The first kappa shape index (κ1) is 17.4. The Hall–Kier alpha value is -2.47. The molecule has 1 aromatic rings. The average Bonchev–Trinajstić information content (AvgIpc) is 2.92. The van der Waals surface area contributed by atoms with E-state index in [9.17, 15) is 14.4 Å². The number of imide groups is 1. The third kappa shape index (κ3) is 4.14. The van der Waals surface area contributed by atoms with Crippen LogP contribution in [0.5, 0.6) is 0 Å². The minimum atomic E-state index is -0.359. The van der Waals surface area contributed by atoms with Gasteiger partial charge in [-0.25, -0.2) is 4.90 Å². The van der Waals surface area contributed by atoms with Crippen LogP contribution in [-0.2, 0) is 30.3 Å². The second kappa shape index (κ2) is 7.61. The summed E-state index contributed by atoms with van der Waals surface area (Å²) in [7, 11) is 0. The molecule has 1 fully saturated rings. The molecular weight excluding hydrogens is 322 g/mol. The number of ether oxygens (including phenoxy) is 2. The van der Waals surface area contributed by atoms with Crippen LogP contribution in [0.4, 0.5) is 5.69 Å². The zero-order valence-corrected chi connectivity index (χ0v) is 14.1. The molecule has 0 bridgehead atoms. The van der Waals surface area contributed by atoms with E-state index in [2.05, 4.69) is 6.92 Å². The minimum Gasteiger partial charge on any atom is -0.465 e. The molecule has 3 rings (SSSR count). The van der Waals surface area contributed by atoms with E-state index >= 15 is 0 Å². The number of carbonyl (C=O) groups excluding carboxylic acids is 3. The van der Waals surface area contributed by atoms with E-state index in [1.54, 1.807) is 24.3 Å². The van der Waals surface area contributed by atoms with E-state index in [4.69, 9.17) is 9.47 Å². The van der Waals surface area contributed by atoms with Crippen molar-refractivity contribution in [3.05, 3.63) is 42.0 Å². The van der Waals surface area contributed by atoms with Gasteiger partial charge >= 0.3 is 5.97 Å². The summed E-state index contributed by atoms with van der Waals surface area (Å²) in [4.78, 5) is 36.2. The van der Waals surface area contributed by atoms with Crippen molar-refractivity contribution in [2.75, 3.05) is 18.1 Å². The molecule has 1 aromatic carbocycles. The zero-order chi connectivity index (χ0) is 17.8. The van der Waals surface area contributed by atoms with Crippen molar-refractivity contribution in [3.63, 3.8) is 0 Å². The number of esters is 1. The molecule has 2 unspecified atom stereocenters. The Kier molecular flexibility index (Phi) is 5.28. The van der Waals surface area contributed by atoms with Crippen LogP contribution in [0.2, 0.25) is 0 Å². The van der Waals surface area contributed by atoms with Gasteiger partial charge in [-0.15, -0.1) is 0 Å². The van der Waals surface area contributed by atoms with Crippen molar-refractivity contribution >= 4 is 23.5 Å². The number of benzene rings is 1. The smallest absolute Gasteiger partial charge is 0.310 e. The molecule has 0 aromatic heterocycles. The predicted octanol–water partition coefficient (Wildman–Crippen LogP) is 2.02. The highest BCUT2D eigenvalue weighted by atomic mass is 16.5. The summed E-state index contributed by atoms with van der Waals surface area (Å²) in [6, 6.07) is 6.75. The van der Waals surface area contributed by atoms with Gasteiger partial charge in [-0.2, -0.15) is 0 Å². The molecule has 2 amide bonds. The van der Waals surface area contributed by atoms with Crippen molar-refractivity contribution in [1.82, 2.24) is 0 Å². The number of anilines is 1. The predicted molar refractivity (Wildman–Crippen MR) is 90.9 cm³/mol. The molecule has 0 radical (unpaired) electrons. The fraction of sp³-hybridized carbons (Fsp3) is 0.421. The quantitative estimate of drug-likeness (QED) is 0.430. The lowest BCUT2D eigenvalue weighted by molar-refractivity contribution is -0.144. The molecule has 2 heterocycles. The second-order valence-corrected chi connectivity index (χ2v) is 6.40. The van der Waals surface area contributed by atoms with Crippen LogP contribution in [0, 0.1) is 5.92 Å². The molecule has 0 aliphatic carbocycles. The number of rotatable bonds is 7. The summed E-state index contributed by atoms with van der Waals surface area (Å²) >= 11 is 0. The maximum Gasteiger partial charge on any atom is 0.310 e. The summed E-state index contributed by atoms with van der Waals surface area (Å²) in [5.74, 6) is -0.409. The highest BCUT2D eigenvalue weighted by Gasteiger charge is 2.27. The Morgan fingerprint density at radius 2 is 1.88 bits per heavy atom. The van der Waals surface area contributed by atoms with Gasteiger partial charge in [-0.3, -0.25) is 14.4 Å². The largest absolute Gasteiger partial charge is 0.465 e. The molecule has 0 N–H and O–H groups in total. The zero-order valence-electron chi connectivity index (χ0n) is 14.1. The van der Waals surface area contributed by atoms with Gasteiger partial charge < -0.3 is 9.47 Å². The normalized spacial score (nSPS) is 22.2. The van der Waals surface area contributed by atoms with Crippen molar-refractivity contribution < 1.29 is 23.9 Å². The van der Waals surface area contributed by atoms with E-state index in [0.29, 0.717) is 24.3 Å². The van der Waals surface area contributed by atoms with Gasteiger partial charge in [0, 0.05) is 18.1 Å². The first-order valence-electron chi connectivity index (χ1n) is 8.47. The van der Waals surface area contributed by atoms with E-state index < -0.39 is 0 Å². The number of nitrogens with zero attached hydrogens (tertiary/aromatic N) is 1. The topological polar surface area (TPSA) is 72.9 Å². The fourth-order valence-corrected chi connectivity index (χ4v) is 2.90. The summed E-state index contributed by atoms with van der Waals surface area (Å²) in [5, 5.41) is 0. The van der Waals surface area contributed by atoms with Gasteiger partial charge in [-0.05, 0) is 30.5 Å². The standard InChI is InChI=1S/C19H21NO5/c1-13-12-25-16(13)3-2-10-24-19(23)11-14-4-6-15(7-5-14)20-17(21)8-9-18(20)22/h4-9,13,16H,2-3,10-12H2,1H3. The number of hydrogen-bond donors (Lipinski definition) is 0. The Morgan fingerprint density at radius 3 is 2.44 bits per heavy atom. The fourth-order valence-electron chi connectivity index (χ4n) is 2.90. The van der Waals surface area contributed by atoms with E-state index in [0.717, 1.165) is 29.9 Å². The monoisotopic (exact) mass is 343 g/mol. The number of carbonyl (C=O) groups is 3. The van der Waals surface area contributed by atoms with Crippen molar-refractivity contribution in [1.29, 1.82) is 0 Å². The molecule has 1 saturated heterocycles. The highest BCUT2D eigenvalue weighted by molar-refractivity contribution is 6.28. The van der Waals surface area contributed by atoms with Crippen LogP contribution in [0.15, 0.2) is 36.4 Å². The first-order chi connectivity index (χ1) is 12.0. The minimum absolute atomic E-state index is 0.163. The van der Waals surface area contributed by atoms with Gasteiger partial charge in [0.25, 0.3) is 11.8 Å². The lowest BCUT2D eigenvalue weighted by atomic mass is 9.96. The molecule has 0 spiro atoms. The van der Waals surface area contributed by atoms with Crippen LogP contribution in [0.1, 0.15) is 25.3 Å². The molecule has 2 aliphatic heterocycles. The van der Waals surface area contributed by atoms with Crippen LogP contribution in [0.3, 0.4) is 0 Å². The molecule has 25 heavy (non-hydrogen) atoms. The highest BCUT2D eigenvalue weighted by Crippen LogP contribution is 2.23. The van der Waals surface area contributed by atoms with Gasteiger partial charge in [0.2, 0.25) is 0 Å². The maximum atomic E-state index is 11.9. The molecule has 0 saturated carbocycles. The van der Waals surface area contributed by atoms with Crippen LogP contribution in [-0.4, -0.2) is 37.1 Å². The second-order valence-electron chi connectivity index (χ2n) is 6.40.